The second-order valence-corrected chi connectivity index (χ2v) is 7.79. The lowest BCUT2D eigenvalue weighted by molar-refractivity contribution is 0.570. The Kier molecular flexibility index (Phi) is 2.54. The summed E-state index contributed by atoms with van der Waals surface area (Å²) in [5.74, 6) is 2.04. The van der Waals surface area contributed by atoms with Gasteiger partial charge in [-0.15, -0.1) is 0 Å². The van der Waals surface area contributed by atoms with Crippen LogP contribution in [-0.4, -0.2) is 9.04 Å². The standard InChI is InChI=1S/C14H20OSi/c1-16(2)15-14-9-12-5-3-4-11(12)8-13(14)10-6-7-10/h8-10,16H,3-7H2,1-2H3. The van der Waals surface area contributed by atoms with Crippen LogP contribution in [0.4, 0.5) is 0 Å². The Morgan fingerprint density at radius 2 is 1.81 bits per heavy atom. The van der Waals surface area contributed by atoms with Crippen molar-refractivity contribution in [1.29, 1.82) is 0 Å². The predicted octanol–water partition coefficient (Wildman–Crippen LogP) is 3.41. The highest BCUT2D eigenvalue weighted by molar-refractivity contribution is 6.49. The van der Waals surface area contributed by atoms with Gasteiger partial charge in [0, 0.05) is 0 Å². The summed E-state index contributed by atoms with van der Waals surface area (Å²) in [5, 5.41) is 0. The maximum Gasteiger partial charge on any atom is 0.229 e. The molecule has 1 aromatic rings. The third-order valence-electron chi connectivity index (χ3n) is 3.60. The van der Waals surface area contributed by atoms with Gasteiger partial charge < -0.3 is 4.43 Å². The molecule has 0 unspecified atom stereocenters. The molecule has 86 valence electrons. The van der Waals surface area contributed by atoms with Crippen molar-refractivity contribution in [1.82, 2.24) is 0 Å². The number of benzene rings is 1. The number of aryl methyl sites for hydroxylation is 2. The van der Waals surface area contributed by atoms with Gasteiger partial charge in [0.2, 0.25) is 9.04 Å². The molecule has 0 aliphatic heterocycles. The Bertz CT molecular complexity index is 407. The molecule has 2 heteroatoms. The average Bonchev–Trinajstić information content (AvgIpc) is 2.96. The topological polar surface area (TPSA) is 9.23 Å². The molecule has 3 rings (SSSR count). The predicted molar refractivity (Wildman–Crippen MR) is 69.9 cm³/mol. The molecule has 0 heterocycles. The zero-order valence-corrected chi connectivity index (χ0v) is 11.4. The van der Waals surface area contributed by atoms with E-state index in [9.17, 15) is 0 Å². The molecule has 1 fully saturated rings. The lowest BCUT2D eigenvalue weighted by Gasteiger charge is -2.16. The van der Waals surface area contributed by atoms with Gasteiger partial charge in [0.1, 0.15) is 5.75 Å². The monoisotopic (exact) mass is 232 g/mol. The van der Waals surface area contributed by atoms with Gasteiger partial charge in [-0.2, -0.15) is 0 Å². The Labute approximate surface area is 99.6 Å². The Balaban J connectivity index is 1.99. The molecule has 1 nitrogen and oxygen atoms in total. The minimum Gasteiger partial charge on any atom is -0.547 e. The van der Waals surface area contributed by atoms with Gasteiger partial charge in [-0.1, -0.05) is 6.07 Å². The molecule has 0 amide bonds. The van der Waals surface area contributed by atoms with E-state index < -0.39 is 9.04 Å². The molecule has 2 aliphatic rings. The first-order valence-electron chi connectivity index (χ1n) is 6.56. The van der Waals surface area contributed by atoms with E-state index in [4.69, 9.17) is 4.43 Å². The summed E-state index contributed by atoms with van der Waals surface area (Å²) in [6.45, 7) is 4.51. The van der Waals surface area contributed by atoms with Crippen molar-refractivity contribution in [3.05, 3.63) is 28.8 Å². The number of hydrogen-bond donors (Lipinski definition) is 0. The van der Waals surface area contributed by atoms with E-state index in [-0.39, 0.29) is 0 Å². The molecule has 0 radical (unpaired) electrons. The maximum absolute atomic E-state index is 6.11. The minimum atomic E-state index is -0.966. The van der Waals surface area contributed by atoms with E-state index >= 15 is 0 Å². The fraction of sp³-hybridized carbons (Fsp3) is 0.571. The molecule has 1 aromatic carbocycles. The van der Waals surface area contributed by atoms with E-state index in [1.165, 1.54) is 43.4 Å². The lowest BCUT2D eigenvalue weighted by Crippen LogP contribution is -2.12. The van der Waals surface area contributed by atoms with E-state index in [2.05, 4.69) is 25.2 Å². The van der Waals surface area contributed by atoms with Gasteiger partial charge in [-0.3, -0.25) is 0 Å². The molecule has 0 saturated heterocycles. The first-order valence-corrected chi connectivity index (χ1v) is 9.34. The summed E-state index contributed by atoms with van der Waals surface area (Å²) >= 11 is 0. The van der Waals surface area contributed by atoms with Crippen LogP contribution in [0, 0.1) is 0 Å². The molecular formula is C14H20OSi. The van der Waals surface area contributed by atoms with Crippen LogP contribution < -0.4 is 4.43 Å². The first kappa shape index (κ1) is 10.4. The highest BCUT2D eigenvalue weighted by atomic mass is 28.3. The van der Waals surface area contributed by atoms with E-state index in [1.807, 2.05) is 0 Å². The molecule has 2 aliphatic carbocycles. The zero-order valence-electron chi connectivity index (χ0n) is 10.3. The summed E-state index contributed by atoms with van der Waals surface area (Å²) in [6, 6.07) is 4.80. The van der Waals surface area contributed by atoms with Crippen LogP contribution in [0.25, 0.3) is 0 Å². The van der Waals surface area contributed by atoms with Crippen LogP contribution >= 0.6 is 0 Å². The van der Waals surface area contributed by atoms with Gasteiger partial charge in [0.15, 0.2) is 0 Å². The Morgan fingerprint density at radius 3 is 2.44 bits per heavy atom. The smallest absolute Gasteiger partial charge is 0.229 e. The SMILES string of the molecule is C[SiH](C)Oc1cc2c(cc1C1CC1)CCC2. The van der Waals surface area contributed by atoms with Crippen molar-refractivity contribution in [2.24, 2.45) is 0 Å². The largest absolute Gasteiger partial charge is 0.547 e. The van der Waals surface area contributed by atoms with Crippen molar-refractivity contribution in [2.45, 2.75) is 51.1 Å². The molecule has 0 atom stereocenters. The van der Waals surface area contributed by atoms with Crippen molar-refractivity contribution < 1.29 is 4.43 Å². The minimum absolute atomic E-state index is 0.814. The summed E-state index contributed by atoms with van der Waals surface area (Å²) in [4.78, 5) is 0. The molecule has 0 N–H and O–H groups in total. The van der Waals surface area contributed by atoms with Gasteiger partial charge >= 0.3 is 0 Å². The van der Waals surface area contributed by atoms with Gasteiger partial charge in [-0.25, -0.2) is 0 Å². The van der Waals surface area contributed by atoms with Crippen molar-refractivity contribution in [3.63, 3.8) is 0 Å². The van der Waals surface area contributed by atoms with Crippen molar-refractivity contribution in [2.75, 3.05) is 0 Å². The maximum atomic E-state index is 6.11. The second kappa shape index (κ2) is 3.92. The number of hydrogen-bond acceptors (Lipinski definition) is 1. The van der Waals surface area contributed by atoms with Gasteiger partial charge in [-0.05, 0) is 73.9 Å². The Morgan fingerprint density at radius 1 is 1.12 bits per heavy atom. The average molecular weight is 232 g/mol. The third kappa shape index (κ3) is 1.91. The van der Waals surface area contributed by atoms with Crippen LogP contribution in [0.2, 0.25) is 13.1 Å². The molecule has 16 heavy (non-hydrogen) atoms. The molecule has 0 bridgehead atoms. The van der Waals surface area contributed by atoms with Crippen molar-refractivity contribution in [3.8, 4) is 5.75 Å². The summed E-state index contributed by atoms with van der Waals surface area (Å²) in [6.07, 6.45) is 6.62. The van der Waals surface area contributed by atoms with Gasteiger partial charge in [0.05, 0.1) is 0 Å². The molecule has 1 saturated carbocycles. The van der Waals surface area contributed by atoms with E-state index in [0.29, 0.717) is 0 Å². The second-order valence-electron chi connectivity index (χ2n) is 5.45. The van der Waals surface area contributed by atoms with Gasteiger partial charge in [0.25, 0.3) is 0 Å². The van der Waals surface area contributed by atoms with Crippen LogP contribution in [0.5, 0.6) is 5.75 Å². The zero-order chi connectivity index (χ0) is 11.1. The van der Waals surface area contributed by atoms with Crippen molar-refractivity contribution >= 4 is 9.04 Å². The first-order chi connectivity index (χ1) is 7.74. The summed E-state index contributed by atoms with van der Waals surface area (Å²) in [7, 11) is -0.966. The quantitative estimate of drug-likeness (QED) is 0.726. The number of rotatable bonds is 3. The number of fused-ring (bicyclic) bond motifs is 1. The van der Waals surface area contributed by atoms with Crippen LogP contribution in [0.3, 0.4) is 0 Å². The summed E-state index contributed by atoms with van der Waals surface area (Å²) in [5.41, 5.74) is 4.66. The van der Waals surface area contributed by atoms with E-state index in [1.54, 1.807) is 11.1 Å². The van der Waals surface area contributed by atoms with Crippen LogP contribution in [0.15, 0.2) is 12.1 Å². The lowest BCUT2D eigenvalue weighted by atomic mass is 10.0. The molecule has 0 aromatic heterocycles. The van der Waals surface area contributed by atoms with Crippen LogP contribution in [-0.2, 0) is 12.8 Å². The highest BCUT2D eigenvalue weighted by Gasteiger charge is 2.28. The third-order valence-corrected chi connectivity index (χ3v) is 4.33. The summed E-state index contributed by atoms with van der Waals surface area (Å²) < 4.78 is 6.11. The normalized spacial score (nSPS) is 18.9. The molecular weight excluding hydrogens is 212 g/mol. The molecule has 0 spiro atoms. The fourth-order valence-corrected chi connectivity index (χ4v) is 3.40. The van der Waals surface area contributed by atoms with Crippen LogP contribution in [0.1, 0.15) is 41.9 Å². The highest BCUT2D eigenvalue weighted by Crippen LogP contribution is 2.46. The fourth-order valence-electron chi connectivity index (χ4n) is 2.69. The van der Waals surface area contributed by atoms with E-state index in [0.717, 1.165) is 5.92 Å². The Hall–Kier alpha value is -0.763.